The van der Waals surface area contributed by atoms with Crippen LogP contribution in [0.15, 0.2) is 59.5 Å². The van der Waals surface area contributed by atoms with Crippen molar-refractivity contribution in [3.8, 4) is 22.6 Å². The molecule has 2 aliphatic rings. The first-order valence-corrected chi connectivity index (χ1v) is 15.2. The Morgan fingerprint density at radius 1 is 0.947 bits per heavy atom. The monoisotopic (exact) mass is 530 g/mol. The zero-order valence-corrected chi connectivity index (χ0v) is 23.0. The van der Waals surface area contributed by atoms with E-state index in [-0.39, 0.29) is 0 Å². The second-order valence-corrected chi connectivity index (χ2v) is 12.9. The number of aryl methyl sites for hydroxylation is 2. The van der Waals surface area contributed by atoms with Gasteiger partial charge in [-0.05, 0) is 74.7 Å². The molecule has 2 aromatic heterocycles. The fraction of sp³-hybridized carbons (Fsp3) is 0.400. The molecule has 4 aromatic rings. The molecule has 2 aromatic carbocycles. The van der Waals surface area contributed by atoms with Crippen molar-refractivity contribution in [1.29, 1.82) is 0 Å². The fourth-order valence-corrected chi connectivity index (χ4v) is 6.36. The summed E-state index contributed by atoms with van der Waals surface area (Å²) in [7, 11) is -1.25. The minimum absolute atomic E-state index is 0.304. The minimum Gasteiger partial charge on any atom is -0.381 e. The van der Waals surface area contributed by atoms with Gasteiger partial charge in [-0.2, -0.15) is 0 Å². The Bertz CT molecular complexity index is 1560. The second kappa shape index (κ2) is 9.91. The average Bonchev–Trinajstić information content (AvgIpc) is 3.23. The largest absolute Gasteiger partial charge is 0.381 e. The number of likely N-dealkylation sites (tertiary alicyclic amines) is 1. The van der Waals surface area contributed by atoms with Crippen molar-refractivity contribution in [3.63, 3.8) is 0 Å². The van der Waals surface area contributed by atoms with Gasteiger partial charge in [0, 0.05) is 36.9 Å². The molecule has 0 atom stereocenters. The Balaban J connectivity index is 1.22. The van der Waals surface area contributed by atoms with Crippen molar-refractivity contribution in [3.05, 3.63) is 65.9 Å². The quantitative estimate of drug-likeness (QED) is 0.355. The number of benzene rings is 2. The van der Waals surface area contributed by atoms with Gasteiger partial charge in [0.05, 0.1) is 35.0 Å². The lowest BCUT2D eigenvalue weighted by Crippen LogP contribution is -2.42. The van der Waals surface area contributed by atoms with E-state index in [0.29, 0.717) is 10.8 Å². The number of hydrogen-bond acceptors (Lipinski definition) is 6. The Morgan fingerprint density at radius 2 is 1.61 bits per heavy atom. The molecular weight excluding hydrogens is 496 g/mol. The molecule has 38 heavy (non-hydrogen) atoms. The third-order valence-corrected chi connectivity index (χ3v) is 9.20. The molecule has 0 spiro atoms. The van der Waals surface area contributed by atoms with Crippen LogP contribution in [0.4, 0.5) is 0 Å². The number of hydrogen-bond donors (Lipinski definition) is 0. The number of nitrogens with zero attached hydrogens (tertiary/aromatic N) is 4. The van der Waals surface area contributed by atoms with E-state index in [9.17, 15) is 8.42 Å². The molecule has 4 heterocycles. The fourth-order valence-electron chi connectivity index (χ4n) is 5.73. The molecule has 6 rings (SSSR count). The number of imidazole rings is 1. The highest BCUT2D eigenvalue weighted by Gasteiger charge is 2.26. The summed E-state index contributed by atoms with van der Waals surface area (Å²) < 4.78 is 31.1. The van der Waals surface area contributed by atoms with Crippen molar-refractivity contribution in [2.45, 2.75) is 30.6 Å². The minimum atomic E-state index is -3.24. The predicted molar refractivity (Wildman–Crippen MR) is 150 cm³/mol. The SMILES string of the molecule is Cc1nc(-c2ccc(C3CCN(CC4COC4)CC3)cc2)cc2c1nc(-c1ccc(S(C)(=O)=O)cc1)n2C. The third kappa shape index (κ3) is 4.88. The molecular formula is C30H34N4O3S. The highest BCUT2D eigenvalue weighted by atomic mass is 32.2. The Morgan fingerprint density at radius 3 is 2.21 bits per heavy atom. The van der Waals surface area contributed by atoms with Gasteiger partial charge in [-0.25, -0.2) is 13.4 Å². The molecule has 7 nitrogen and oxygen atoms in total. The highest BCUT2D eigenvalue weighted by molar-refractivity contribution is 7.90. The van der Waals surface area contributed by atoms with Crippen LogP contribution in [0.1, 0.15) is 30.0 Å². The van der Waals surface area contributed by atoms with Gasteiger partial charge in [0.15, 0.2) is 9.84 Å². The van der Waals surface area contributed by atoms with Crippen LogP contribution in [0.3, 0.4) is 0 Å². The Kier molecular flexibility index (Phi) is 6.58. The van der Waals surface area contributed by atoms with Crippen molar-refractivity contribution in [1.82, 2.24) is 19.4 Å². The molecule has 2 aliphatic heterocycles. The first kappa shape index (κ1) is 25.2. The molecule has 0 N–H and O–H groups in total. The first-order valence-electron chi connectivity index (χ1n) is 13.3. The van der Waals surface area contributed by atoms with E-state index in [1.54, 1.807) is 12.1 Å². The summed E-state index contributed by atoms with van der Waals surface area (Å²) in [5, 5.41) is 0. The molecule has 0 unspecified atom stereocenters. The van der Waals surface area contributed by atoms with Crippen LogP contribution in [0, 0.1) is 12.8 Å². The second-order valence-electron chi connectivity index (χ2n) is 10.9. The van der Waals surface area contributed by atoms with Crippen molar-refractivity contribution < 1.29 is 13.2 Å². The lowest BCUT2D eigenvalue weighted by Gasteiger charge is -2.37. The van der Waals surface area contributed by atoms with Crippen LogP contribution < -0.4 is 0 Å². The normalized spacial score (nSPS) is 17.7. The molecule has 0 aliphatic carbocycles. The first-order chi connectivity index (χ1) is 18.3. The molecule has 8 heteroatoms. The van der Waals surface area contributed by atoms with E-state index in [2.05, 4.69) is 39.8 Å². The summed E-state index contributed by atoms with van der Waals surface area (Å²) >= 11 is 0. The van der Waals surface area contributed by atoms with E-state index in [0.717, 1.165) is 58.5 Å². The molecule has 2 saturated heterocycles. The molecule has 198 valence electrons. The van der Waals surface area contributed by atoms with Gasteiger partial charge >= 0.3 is 0 Å². The maximum atomic E-state index is 11.8. The maximum Gasteiger partial charge on any atom is 0.175 e. The average molecular weight is 531 g/mol. The van der Waals surface area contributed by atoms with Crippen molar-refractivity contribution in [2.75, 3.05) is 39.1 Å². The summed E-state index contributed by atoms with van der Waals surface area (Å²) in [6.45, 7) is 7.37. The Labute approximate surface area is 224 Å². The smallest absolute Gasteiger partial charge is 0.175 e. The van der Waals surface area contributed by atoms with Crippen LogP contribution in [-0.2, 0) is 21.6 Å². The summed E-state index contributed by atoms with van der Waals surface area (Å²) in [5.74, 6) is 2.13. The lowest BCUT2D eigenvalue weighted by atomic mass is 9.88. The van der Waals surface area contributed by atoms with E-state index in [1.807, 2.05) is 26.1 Å². The van der Waals surface area contributed by atoms with E-state index < -0.39 is 9.84 Å². The molecule has 0 amide bonds. The number of rotatable bonds is 6. The van der Waals surface area contributed by atoms with Crippen LogP contribution in [0.25, 0.3) is 33.7 Å². The number of pyridine rings is 1. The Hall–Kier alpha value is -3.07. The summed E-state index contributed by atoms with van der Waals surface area (Å²) in [4.78, 5) is 12.6. The maximum absolute atomic E-state index is 11.8. The summed E-state index contributed by atoms with van der Waals surface area (Å²) in [6, 6.07) is 17.9. The zero-order valence-electron chi connectivity index (χ0n) is 22.2. The van der Waals surface area contributed by atoms with Crippen molar-refractivity contribution >= 4 is 20.9 Å². The number of sulfone groups is 1. The van der Waals surface area contributed by atoms with E-state index in [4.69, 9.17) is 14.7 Å². The standard InChI is InChI=1S/C30H34N4O3S/c1-20-29-28(33(2)30(32-29)25-8-10-26(11-9-25)38(3,35)36)16-27(31-20)24-6-4-22(5-7-24)23-12-14-34(15-13-23)17-21-18-37-19-21/h4-11,16,21,23H,12-15,17-19H2,1-3H3. The number of fused-ring (bicyclic) bond motifs is 1. The van der Waals surface area contributed by atoms with Crippen LogP contribution in [0.5, 0.6) is 0 Å². The zero-order chi connectivity index (χ0) is 26.4. The van der Waals surface area contributed by atoms with Gasteiger partial charge in [0.25, 0.3) is 0 Å². The molecule has 0 radical (unpaired) electrons. The van der Waals surface area contributed by atoms with Gasteiger partial charge in [-0.15, -0.1) is 0 Å². The van der Waals surface area contributed by atoms with Crippen LogP contribution >= 0.6 is 0 Å². The molecule has 0 bridgehead atoms. The summed E-state index contributed by atoms with van der Waals surface area (Å²) in [6.07, 6.45) is 3.63. The predicted octanol–water partition coefficient (Wildman–Crippen LogP) is 4.84. The van der Waals surface area contributed by atoms with Gasteiger partial charge in [0.2, 0.25) is 0 Å². The number of aromatic nitrogens is 3. The van der Waals surface area contributed by atoms with Crippen LogP contribution in [-0.4, -0.2) is 67.0 Å². The van der Waals surface area contributed by atoms with Crippen molar-refractivity contribution in [2.24, 2.45) is 13.0 Å². The van der Waals surface area contributed by atoms with E-state index in [1.165, 1.54) is 44.3 Å². The van der Waals surface area contributed by atoms with Gasteiger partial charge in [-0.1, -0.05) is 24.3 Å². The highest BCUT2D eigenvalue weighted by Crippen LogP contribution is 2.32. The topological polar surface area (TPSA) is 77.3 Å². The lowest BCUT2D eigenvalue weighted by molar-refractivity contribution is -0.0487. The van der Waals surface area contributed by atoms with Gasteiger partial charge < -0.3 is 14.2 Å². The third-order valence-electron chi connectivity index (χ3n) is 8.07. The van der Waals surface area contributed by atoms with E-state index >= 15 is 0 Å². The molecule has 0 saturated carbocycles. The molecule has 2 fully saturated rings. The van der Waals surface area contributed by atoms with Gasteiger partial charge in [0.1, 0.15) is 11.3 Å². The summed E-state index contributed by atoms with van der Waals surface area (Å²) in [5.41, 5.74) is 7.05. The number of ether oxygens (including phenoxy) is 1. The number of piperidine rings is 1. The van der Waals surface area contributed by atoms with Gasteiger partial charge in [-0.3, -0.25) is 4.98 Å². The van der Waals surface area contributed by atoms with Crippen LogP contribution in [0.2, 0.25) is 0 Å².